The fourth-order valence-electron chi connectivity index (χ4n) is 3.61. The summed E-state index contributed by atoms with van der Waals surface area (Å²) in [7, 11) is 1.65. The molecule has 0 atom stereocenters. The minimum Gasteiger partial charge on any atom is -0.496 e. The molecule has 0 radical (unpaired) electrons. The Hall–Kier alpha value is -2.80. The minimum absolute atomic E-state index is 0.104. The normalized spacial score (nSPS) is 14.0. The number of aromatic nitrogens is 2. The van der Waals surface area contributed by atoms with Crippen LogP contribution in [-0.2, 0) is 17.6 Å². The Morgan fingerprint density at radius 2 is 1.94 bits per heavy atom. The number of nitrogens with zero attached hydrogens (tertiary/aromatic N) is 3. The summed E-state index contributed by atoms with van der Waals surface area (Å²) >= 11 is 1.82. The summed E-state index contributed by atoms with van der Waals surface area (Å²) in [5, 5.41) is 4.66. The summed E-state index contributed by atoms with van der Waals surface area (Å²) in [6.45, 7) is 5.59. The van der Waals surface area contributed by atoms with Gasteiger partial charge in [-0.15, -0.1) is 11.8 Å². The number of rotatable bonds is 8. The number of para-hydroxylation sites is 1. The monoisotopic (exact) mass is 437 g/mol. The fraction of sp³-hybridized carbons (Fsp3) is 0.375. The van der Waals surface area contributed by atoms with Gasteiger partial charge in [0.1, 0.15) is 5.75 Å². The maximum atomic E-state index is 12.6. The van der Waals surface area contributed by atoms with Gasteiger partial charge in [-0.3, -0.25) is 4.79 Å². The predicted molar refractivity (Wildman–Crippen MR) is 121 cm³/mol. The van der Waals surface area contributed by atoms with Crippen LogP contribution in [-0.4, -0.2) is 46.4 Å². The van der Waals surface area contributed by atoms with Crippen molar-refractivity contribution < 1.29 is 14.1 Å². The number of carbonyl (C=O) groups is 1. The van der Waals surface area contributed by atoms with E-state index in [2.05, 4.69) is 36.1 Å². The molecule has 2 heterocycles. The average molecular weight is 438 g/mol. The number of likely N-dealkylation sites (tertiary alicyclic amines) is 1. The topological polar surface area (TPSA) is 68.5 Å². The van der Waals surface area contributed by atoms with Gasteiger partial charge in [-0.05, 0) is 23.8 Å². The molecule has 6 nitrogen and oxygen atoms in total. The summed E-state index contributed by atoms with van der Waals surface area (Å²) in [6, 6.07) is 16.1. The summed E-state index contributed by atoms with van der Waals surface area (Å²) in [5.74, 6) is 2.28. The average Bonchev–Trinajstić information content (AvgIpc) is 3.16. The molecule has 0 bridgehead atoms. The Balaban J connectivity index is 1.28. The highest BCUT2D eigenvalue weighted by Gasteiger charge is 2.35. The van der Waals surface area contributed by atoms with Crippen LogP contribution in [0.4, 0.5) is 0 Å². The van der Waals surface area contributed by atoms with E-state index in [1.165, 1.54) is 4.90 Å². The SMILES string of the molecule is COc1ccccc1Cc1noc(C2CN(C(=O)Cc3ccc(SC(C)C)cc3)C2)n1. The van der Waals surface area contributed by atoms with Crippen LogP contribution in [0.1, 0.15) is 42.6 Å². The molecule has 162 valence electrons. The number of thioether (sulfide) groups is 1. The van der Waals surface area contributed by atoms with E-state index in [0.717, 1.165) is 16.9 Å². The molecule has 1 saturated heterocycles. The molecule has 1 aliphatic rings. The molecule has 4 rings (SSSR count). The third-order valence-electron chi connectivity index (χ3n) is 5.26. The van der Waals surface area contributed by atoms with Crippen molar-refractivity contribution >= 4 is 17.7 Å². The van der Waals surface area contributed by atoms with Crippen LogP contribution >= 0.6 is 11.8 Å². The molecule has 1 aliphatic heterocycles. The lowest BCUT2D eigenvalue weighted by molar-refractivity contribution is -0.135. The van der Waals surface area contributed by atoms with E-state index in [1.807, 2.05) is 53.1 Å². The van der Waals surface area contributed by atoms with Gasteiger partial charge in [0.15, 0.2) is 5.82 Å². The van der Waals surface area contributed by atoms with Crippen molar-refractivity contribution in [2.45, 2.75) is 42.8 Å². The van der Waals surface area contributed by atoms with Gasteiger partial charge in [0.2, 0.25) is 11.8 Å². The van der Waals surface area contributed by atoms with Crippen LogP contribution in [0.5, 0.6) is 5.75 Å². The molecule has 3 aromatic rings. The van der Waals surface area contributed by atoms with Gasteiger partial charge in [0.05, 0.1) is 19.4 Å². The zero-order chi connectivity index (χ0) is 21.8. The van der Waals surface area contributed by atoms with E-state index in [9.17, 15) is 4.79 Å². The zero-order valence-corrected chi connectivity index (χ0v) is 18.9. The molecular weight excluding hydrogens is 410 g/mol. The number of carbonyl (C=O) groups excluding carboxylic acids is 1. The number of amides is 1. The lowest BCUT2D eigenvalue weighted by Crippen LogP contribution is -2.49. The van der Waals surface area contributed by atoms with Crippen LogP contribution in [0.3, 0.4) is 0 Å². The second kappa shape index (κ2) is 9.56. The standard InChI is InChI=1S/C24H27N3O3S/c1-16(2)31-20-10-8-17(9-11-20)12-23(28)27-14-19(15-27)24-25-22(26-30-24)13-18-6-4-5-7-21(18)29-3/h4-11,16,19H,12-15H2,1-3H3. The second-order valence-electron chi connectivity index (χ2n) is 8.02. The highest BCUT2D eigenvalue weighted by atomic mass is 32.2. The van der Waals surface area contributed by atoms with E-state index in [-0.39, 0.29) is 11.8 Å². The molecule has 2 aromatic carbocycles. The Labute approximate surface area is 187 Å². The summed E-state index contributed by atoms with van der Waals surface area (Å²) in [6.07, 6.45) is 0.968. The van der Waals surface area contributed by atoms with Crippen molar-refractivity contribution in [2.75, 3.05) is 20.2 Å². The molecule has 0 unspecified atom stereocenters. The third kappa shape index (κ3) is 5.28. The molecule has 31 heavy (non-hydrogen) atoms. The van der Waals surface area contributed by atoms with E-state index in [1.54, 1.807) is 7.11 Å². The van der Waals surface area contributed by atoms with Crippen LogP contribution < -0.4 is 4.74 Å². The minimum atomic E-state index is 0.104. The van der Waals surface area contributed by atoms with Crippen LogP contribution in [0.2, 0.25) is 0 Å². The number of benzene rings is 2. The molecule has 1 amide bonds. The van der Waals surface area contributed by atoms with Gasteiger partial charge in [0.25, 0.3) is 0 Å². The van der Waals surface area contributed by atoms with E-state index in [0.29, 0.717) is 42.9 Å². The number of hydrogen-bond acceptors (Lipinski definition) is 6. The predicted octanol–water partition coefficient (Wildman–Crippen LogP) is 4.34. The molecule has 7 heteroatoms. The number of hydrogen-bond donors (Lipinski definition) is 0. The van der Waals surface area contributed by atoms with Gasteiger partial charge in [0, 0.05) is 35.2 Å². The Bertz CT molecular complexity index is 1030. The quantitative estimate of drug-likeness (QED) is 0.489. The summed E-state index contributed by atoms with van der Waals surface area (Å²) in [5.41, 5.74) is 2.05. The first-order valence-electron chi connectivity index (χ1n) is 10.5. The summed E-state index contributed by atoms with van der Waals surface area (Å²) < 4.78 is 10.8. The van der Waals surface area contributed by atoms with Crippen molar-refractivity contribution in [3.05, 3.63) is 71.4 Å². The maximum Gasteiger partial charge on any atom is 0.233 e. The molecule has 0 saturated carbocycles. The summed E-state index contributed by atoms with van der Waals surface area (Å²) in [4.78, 5) is 20.2. The first-order valence-corrected chi connectivity index (χ1v) is 11.4. The van der Waals surface area contributed by atoms with Crippen molar-refractivity contribution in [2.24, 2.45) is 0 Å². The van der Waals surface area contributed by atoms with E-state index < -0.39 is 0 Å². The fourth-order valence-corrected chi connectivity index (χ4v) is 4.44. The van der Waals surface area contributed by atoms with Crippen LogP contribution in [0, 0.1) is 0 Å². The molecule has 1 aromatic heterocycles. The maximum absolute atomic E-state index is 12.6. The van der Waals surface area contributed by atoms with Crippen molar-refractivity contribution in [3.63, 3.8) is 0 Å². The van der Waals surface area contributed by atoms with Crippen molar-refractivity contribution in [1.82, 2.24) is 15.0 Å². The Kier molecular flexibility index (Phi) is 6.61. The van der Waals surface area contributed by atoms with Crippen LogP contribution in [0.15, 0.2) is 57.9 Å². The van der Waals surface area contributed by atoms with Gasteiger partial charge in [-0.2, -0.15) is 4.98 Å². The van der Waals surface area contributed by atoms with Gasteiger partial charge in [-0.25, -0.2) is 0 Å². The number of methoxy groups -OCH3 is 1. The van der Waals surface area contributed by atoms with Gasteiger partial charge < -0.3 is 14.2 Å². The van der Waals surface area contributed by atoms with Crippen molar-refractivity contribution in [3.8, 4) is 5.75 Å². The van der Waals surface area contributed by atoms with Gasteiger partial charge in [-0.1, -0.05) is 49.3 Å². The Morgan fingerprint density at radius 1 is 1.19 bits per heavy atom. The second-order valence-corrected chi connectivity index (χ2v) is 9.67. The first-order chi connectivity index (χ1) is 15.0. The first kappa shape index (κ1) is 21.4. The number of ether oxygens (including phenoxy) is 1. The molecule has 1 fully saturated rings. The lowest BCUT2D eigenvalue weighted by Gasteiger charge is -2.37. The third-order valence-corrected chi connectivity index (χ3v) is 6.27. The highest BCUT2D eigenvalue weighted by molar-refractivity contribution is 7.99. The zero-order valence-electron chi connectivity index (χ0n) is 18.1. The molecule has 0 spiro atoms. The smallest absolute Gasteiger partial charge is 0.233 e. The van der Waals surface area contributed by atoms with E-state index in [4.69, 9.17) is 9.26 Å². The molecule has 0 aliphatic carbocycles. The largest absolute Gasteiger partial charge is 0.496 e. The lowest BCUT2D eigenvalue weighted by atomic mass is 9.99. The van der Waals surface area contributed by atoms with E-state index >= 15 is 0 Å². The van der Waals surface area contributed by atoms with Crippen molar-refractivity contribution in [1.29, 1.82) is 0 Å². The molecular formula is C24H27N3O3S. The van der Waals surface area contributed by atoms with Gasteiger partial charge >= 0.3 is 0 Å². The highest BCUT2D eigenvalue weighted by Crippen LogP contribution is 2.28. The van der Waals surface area contributed by atoms with Crippen LogP contribution in [0.25, 0.3) is 0 Å². The Morgan fingerprint density at radius 3 is 2.65 bits per heavy atom. The molecule has 0 N–H and O–H groups in total.